The monoisotopic (exact) mass is 533 g/mol. The van der Waals surface area contributed by atoms with Gasteiger partial charge in [0.25, 0.3) is 0 Å². The van der Waals surface area contributed by atoms with Crippen LogP contribution in [0.5, 0.6) is 0 Å². The van der Waals surface area contributed by atoms with Crippen molar-refractivity contribution < 1.29 is 14.7 Å². The Labute approximate surface area is 224 Å². The lowest BCUT2D eigenvalue weighted by Gasteiger charge is -2.41. The molecule has 0 fully saturated rings. The Kier molecular flexibility index (Phi) is 17.1. The second kappa shape index (κ2) is 17.2. The number of carbonyl (C=O) groups is 2. The van der Waals surface area contributed by atoms with Gasteiger partial charge >= 0.3 is 5.97 Å². The Morgan fingerprint density at radius 2 is 1.38 bits per heavy atom. The van der Waals surface area contributed by atoms with Crippen molar-refractivity contribution in [1.29, 1.82) is 0 Å². The maximum Gasteiger partial charge on any atom is 0.309 e. The molecule has 0 heterocycles. The minimum Gasteiger partial charge on any atom is -0.481 e. The summed E-state index contributed by atoms with van der Waals surface area (Å²) in [6.07, 6.45) is 13.8. The van der Waals surface area contributed by atoms with Crippen LogP contribution in [0.1, 0.15) is 112 Å². The van der Waals surface area contributed by atoms with E-state index in [2.05, 4.69) is 6.92 Å². The van der Waals surface area contributed by atoms with Gasteiger partial charge in [-0.15, -0.1) is 23.5 Å². The van der Waals surface area contributed by atoms with Crippen molar-refractivity contribution in [3.05, 3.63) is 0 Å². The molecule has 4 nitrogen and oxygen atoms in total. The summed E-state index contributed by atoms with van der Waals surface area (Å²) in [6.45, 7) is 11.7. The van der Waals surface area contributed by atoms with Crippen molar-refractivity contribution in [3.63, 3.8) is 0 Å². The molecule has 0 aliphatic heterocycles. The Morgan fingerprint density at radius 1 is 0.912 bits per heavy atom. The number of hydrogen-bond donors (Lipinski definition) is 1. The van der Waals surface area contributed by atoms with Crippen LogP contribution in [0, 0.1) is 16.7 Å². The van der Waals surface area contributed by atoms with Gasteiger partial charge in [-0.2, -0.15) is 0 Å². The molecule has 0 aromatic heterocycles. The molecule has 0 aromatic carbocycles. The smallest absolute Gasteiger partial charge is 0.309 e. The summed E-state index contributed by atoms with van der Waals surface area (Å²) < 4.78 is 0.885. The van der Waals surface area contributed by atoms with Gasteiger partial charge < -0.3 is 10.0 Å². The number of thiocarbonyl (C=S) groups is 1. The molecule has 0 aliphatic rings. The molecule has 0 rings (SSSR count). The standard InChI is InChI=1S/C27H51NO3S3/c1-9-10-11-12-13-14-15-16-17-18-19-33-25(32)34-21(2)22(23(29)28(7)8)20-26(3,4)27(5,6)24(30)31/h21-22H,9-20H2,1-8H3,(H,30,31). The van der Waals surface area contributed by atoms with Crippen molar-refractivity contribution in [2.45, 2.75) is 117 Å². The third kappa shape index (κ3) is 12.6. The predicted molar refractivity (Wildman–Crippen MR) is 156 cm³/mol. The van der Waals surface area contributed by atoms with E-state index in [-0.39, 0.29) is 17.1 Å². The van der Waals surface area contributed by atoms with Crippen molar-refractivity contribution in [2.75, 3.05) is 19.8 Å². The Bertz CT molecular complexity index is 620. The highest BCUT2D eigenvalue weighted by molar-refractivity contribution is 8.47. The van der Waals surface area contributed by atoms with E-state index in [9.17, 15) is 14.7 Å². The van der Waals surface area contributed by atoms with Crippen LogP contribution in [0.15, 0.2) is 0 Å². The minimum absolute atomic E-state index is 0.00789. The molecule has 0 aliphatic carbocycles. The van der Waals surface area contributed by atoms with Gasteiger partial charge in [-0.05, 0) is 37.9 Å². The van der Waals surface area contributed by atoms with Gasteiger partial charge in [0.05, 0.1) is 11.3 Å². The second-order valence-corrected chi connectivity index (χ2v) is 14.6. The topological polar surface area (TPSA) is 57.6 Å². The highest BCUT2D eigenvalue weighted by Crippen LogP contribution is 2.46. The van der Waals surface area contributed by atoms with Crippen LogP contribution in [0.25, 0.3) is 0 Å². The summed E-state index contributed by atoms with van der Waals surface area (Å²) in [4.78, 5) is 26.5. The van der Waals surface area contributed by atoms with Crippen LogP contribution in [0.4, 0.5) is 0 Å². The van der Waals surface area contributed by atoms with Crippen LogP contribution in [-0.4, -0.2) is 50.5 Å². The summed E-state index contributed by atoms with van der Waals surface area (Å²) in [5.74, 6) is -0.0588. The molecule has 0 spiro atoms. The minimum atomic E-state index is -0.938. The van der Waals surface area contributed by atoms with E-state index in [0.29, 0.717) is 6.42 Å². The number of carboxylic acids is 1. The van der Waals surface area contributed by atoms with Crippen molar-refractivity contribution in [2.24, 2.45) is 16.7 Å². The quantitative estimate of drug-likeness (QED) is 0.141. The largest absolute Gasteiger partial charge is 0.481 e. The molecule has 1 N–H and O–H groups in total. The summed E-state index contributed by atoms with van der Waals surface area (Å²) in [5, 5.41) is 9.72. The van der Waals surface area contributed by atoms with Crippen molar-refractivity contribution in [1.82, 2.24) is 4.90 Å². The zero-order valence-electron chi connectivity index (χ0n) is 23.1. The van der Waals surface area contributed by atoms with Crippen LogP contribution in [0.3, 0.4) is 0 Å². The molecule has 2 unspecified atom stereocenters. The Hall–Kier alpha value is -0.270. The number of unbranched alkanes of at least 4 members (excludes halogenated alkanes) is 9. The zero-order chi connectivity index (χ0) is 26.4. The Morgan fingerprint density at radius 3 is 1.82 bits per heavy atom. The highest BCUT2D eigenvalue weighted by Gasteiger charge is 2.46. The first-order valence-electron chi connectivity index (χ1n) is 13.1. The number of nitrogens with zero attached hydrogens (tertiary/aromatic N) is 1. The lowest BCUT2D eigenvalue weighted by atomic mass is 9.63. The number of carbonyl (C=O) groups excluding carboxylic acids is 1. The first-order valence-corrected chi connectivity index (χ1v) is 15.3. The normalized spacial score (nSPS) is 14.0. The lowest BCUT2D eigenvalue weighted by molar-refractivity contribution is -0.155. The molecular formula is C27H51NO3S3. The van der Waals surface area contributed by atoms with Crippen LogP contribution in [0.2, 0.25) is 0 Å². The van der Waals surface area contributed by atoms with E-state index in [0.717, 1.165) is 9.28 Å². The lowest BCUT2D eigenvalue weighted by Crippen LogP contribution is -2.45. The first kappa shape index (κ1) is 33.7. The van der Waals surface area contributed by atoms with Crippen molar-refractivity contribution >= 4 is 51.1 Å². The molecule has 0 aromatic rings. The number of carboxylic acid groups (broad SMARTS) is 1. The molecule has 0 saturated heterocycles. The Balaban J connectivity index is 4.56. The van der Waals surface area contributed by atoms with Gasteiger partial charge in [-0.25, -0.2) is 0 Å². The summed E-state index contributed by atoms with van der Waals surface area (Å²) in [5.41, 5.74) is -1.48. The van der Waals surface area contributed by atoms with Gasteiger partial charge in [0.2, 0.25) is 5.91 Å². The molecule has 2 atom stereocenters. The maximum atomic E-state index is 13.0. The van der Waals surface area contributed by atoms with Gasteiger partial charge in [-0.3, -0.25) is 9.59 Å². The molecule has 0 bridgehead atoms. The van der Waals surface area contributed by atoms with Gasteiger partial charge in [0.15, 0.2) is 0 Å². The predicted octanol–water partition coefficient (Wildman–Crippen LogP) is 8.28. The highest BCUT2D eigenvalue weighted by atomic mass is 32.2. The van der Waals surface area contributed by atoms with Gasteiger partial charge in [0.1, 0.15) is 3.53 Å². The van der Waals surface area contributed by atoms with Crippen LogP contribution < -0.4 is 0 Å². The molecule has 7 heteroatoms. The average molecular weight is 534 g/mol. The third-order valence-electron chi connectivity index (χ3n) is 7.28. The second-order valence-electron chi connectivity index (χ2n) is 11.0. The summed E-state index contributed by atoms with van der Waals surface area (Å²) >= 11 is 8.95. The van der Waals surface area contributed by atoms with E-state index in [1.54, 1.807) is 56.4 Å². The summed E-state index contributed by atoms with van der Waals surface area (Å²) in [7, 11) is 3.53. The van der Waals surface area contributed by atoms with E-state index in [1.807, 2.05) is 20.8 Å². The fourth-order valence-electron chi connectivity index (χ4n) is 3.89. The molecule has 200 valence electrons. The number of hydrogen-bond acceptors (Lipinski definition) is 5. The van der Waals surface area contributed by atoms with Gasteiger partial charge in [0, 0.05) is 19.3 Å². The zero-order valence-corrected chi connectivity index (χ0v) is 25.5. The van der Waals surface area contributed by atoms with Crippen LogP contribution >= 0.6 is 35.7 Å². The molecule has 0 saturated carbocycles. The third-order valence-corrected chi connectivity index (χ3v) is 10.2. The number of amides is 1. The van der Waals surface area contributed by atoms with Crippen molar-refractivity contribution in [3.8, 4) is 0 Å². The summed E-state index contributed by atoms with van der Waals surface area (Å²) in [6, 6.07) is 0. The van der Waals surface area contributed by atoms with E-state index in [1.165, 1.54) is 64.2 Å². The number of thioether (sulfide) groups is 2. The maximum absolute atomic E-state index is 13.0. The molecular weight excluding hydrogens is 483 g/mol. The number of aliphatic carboxylic acids is 1. The van der Waals surface area contributed by atoms with Gasteiger partial charge in [-0.1, -0.05) is 97.7 Å². The SMILES string of the molecule is CCCCCCCCCCCCSC(=S)SC(C)C(CC(C)(C)C(C)(C)C(=O)O)C(=O)N(C)C. The van der Waals surface area contributed by atoms with Crippen LogP contribution in [-0.2, 0) is 9.59 Å². The fourth-order valence-corrected chi connectivity index (χ4v) is 6.77. The first-order chi connectivity index (χ1) is 15.8. The fraction of sp³-hybridized carbons (Fsp3) is 0.889. The molecule has 0 radical (unpaired) electrons. The molecule has 1 amide bonds. The molecule has 34 heavy (non-hydrogen) atoms. The average Bonchev–Trinajstić information content (AvgIpc) is 2.74. The van der Waals surface area contributed by atoms with E-state index >= 15 is 0 Å². The number of rotatable bonds is 18. The van der Waals surface area contributed by atoms with E-state index in [4.69, 9.17) is 12.2 Å². The van der Waals surface area contributed by atoms with E-state index < -0.39 is 16.8 Å².